The van der Waals surface area contributed by atoms with Gasteiger partial charge in [0, 0.05) is 6.04 Å². The molecule has 0 amide bonds. The molecular weight excluding hydrogens is 390 g/mol. The van der Waals surface area contributed by atoms with Crippen molar-refractivity contribution < 1.29 is 4.74 Å². The normalized spacial score (nSPS) is 50.0. The maximum absolute atomic E-state index is 6.93. The van der Waals surface area contributed by atoms with Crippen LogP contribution in [-0.4, -0.2) is 24.3 Å². The molecule has 2 aliphatic heterocycles. The Morgan fingerprint density at radius 3 is 2.72 bits per heavy atom. The molecule has 1 spiro atoms. The fourth-order valence-electron chi connectivity index (χ4n) is 9.34. The van der Waals surface area contributed by atoms with Crippen LogP contribution >= 0.6 is 0 Å². The number of fused-ring (bicyclic) bond motifs is 6. The lowest BCUT2D eigenvalue weighted by Gasteiger charge is -2.53. The third kappa shape index (κ3) is 3.67. The summed E-state index contributed by atoms with van der Waals surface area (Å²) in [5.41, 5.74) is 5.84. The smallest absolute Gasteiger partial charge is 0.0740 e. The van der Waals surface area contributed by atoms with Gasteiger partial charge >= 0.3 is 0 Å². The molecule has 4 aliphatic carbocycles. The molecule has 0 radical (unpaired) electrons. The predicted molar refractivity (Wildman–Crippen MR) is 135 cm³/mol. The summed E-state index contributed by atoms with van der Waals surface area (Å²) in [6, 6.07) is 0.606. The first-order valence-corrected chi connectivity index (χ1v) is 14.1. The van der Waals surface area contributed by atoms with Crippen LogP contribution in [0.1, 0.15) is 105 Å². The third-order valence-corrected chi connectivity index (χ3v) is 11.0. The van der Waals surface area contributed by atoms with E-state index in [1.165, 1.54) is 82.7 Å². The second kappa shape index (κ2) is 8.56. The Balaban J connectivity index is 0.00000105. The van der Waals surface area contributed by atoms with Crippen molar-refractivity contribution in [2.45, 2.75) is 123 Å². The van der Waals surface area contributed by atoms with Crippen molar-refractivity contribution in [3.63, 3.8) is 0 Å². The van der Waals surface area contributed by atoms with E-state index >= 15 is 0 Å². The van der Waals surface area contributed by atoms with Gasteiger partial charge in [-0.05, 0) is 119 Å². The minimum Gasteiger partial charge on any atom is -0.370 e. The SMILES string of the molecule is C=C1CCC2(C)C(CCC3C4CCC5(CC(C)=C4CC32)CC2NCC(C)CC2O5)C1.CC. The summed E-state index contributed by atoms with van der Waals surface area (Å²) in [4.78, 5) is 0. The lowest BCUT2D eigenvalue weighted by atomic mass is 9.52. The van der Waals surface area contributed by atoms with Crippen molar-refractivity contribution in [1.82, 2.24) is 5.32 Å². The highest BCUT2D eigenvalue weighted by atomic mass is 16.5. The molecule has 1 N–H and O–H groups in total. The molecule has 9 unspecified atom stereocenters. The van der Waals surface area contributed by atoms with E-state index in [0.29, 0.717) is 17.6 Å². The molecule has 32 heavy (non-hydrogen) atoms. The summed E-state index contributed by atoms with van der Waals surface area (Å²) in [5.74, 6) is 4.40. The van der Waals surface area contributed by atoms with Gasteiger partial charge in [-0.15, -0.1) is 0 Å². The number of hydrogen-bond donors (Lipinski definition) is 1. The predicted octanol–water partition coefficient (Wildman–Crippen LogP) is 7.45. The molecule has 6 aliphatic rings. The number of piperidine rings is 1. The highest BCUT2D eigenvalue weighted by Gasteiger charge is 2.57. The average Bonchev–Trinajstić information content (AvgIpc) is 3.29. The maximum atomic E-state index is 6.93. The highest BCUT2D eigenvalue weighted by molar-refractivity contribution is 5.29. The van der Waals surface area contributed by atoms with Crippen molar-refractivity contribution in [1.29, 1.82) is 0 Å². The third-order valence-electron chi connectivity index (χ3n) is 11.0. The van der Waals surface area contributed by atoms with E-state index in [1.54, 1.807) is 5.57 Å². The van der Waals surface area contributed by atoms with Crippen LogP contribution in [0.4, 0.5) is 0 Å². The second-order valence-corrected chi connectivity index (χ2v) is 12.7. The zero-order valence-corrected chi connectivity index (χ0v) is 21.6. The van der Waals surface area contributed by atoms with Gasteiger partial charge in [-0.2, -0.15) is 0 Å². The van der Waals surface area contributed by atoms with Gasteiger partial charge < -0.3 is 10.1 Å². The number of allylic oxidation sites excluding steroid dienone is 2. The van der Waals surface area contributed by atoms with Crippen molar-refractivity contribution in [2.75, 3.05) is 6.54 Å². The van der Waals surface area contributed by atoms with Crippen LogP contribution in [-0.2, 0) is 4.74 Å². The summed E-state index contributed by atoms with van der Waals surface area (Å²) < 4.78 is 6.93. The van der Waals surface area contributed by atoms with Crippen molar-refractivity contribution in [3.8, 4) is 0 Å². The first-order valence-electron chi connectivity index (χ1n) is 14.1. The van der Waals surface area contributed by atoms with Gasteiger partial charge in [0.05, 0.1) is 11.7 Å². The molecule has 0 aromatic carbocycles. The summed E-state index contributed by atoms with van der Waals surface area (Å²) >= 11 is 0. The van der Waals surface area contributed by atoms with Crippen LogP contribution in [0.3, 0.4) is 0 Å². The Kier molecular flexibility index (Phi) is 6.20. The molecule has 6 rings (SSSR count). The Hall–Kier alpha value is -0.600. The highest BCUT2D eigenvalue weighted by Crippen LogP contribution is 2.65. The van der Waals surface area contributed by atoms with Crippen LogP contribution in [0.15, 0.2) is 23.3 Å². The molecule has 2 saturated heterocycles. The molecule has 2 nitrogen and oxygen atoms in total. The van der Waals surface area contributed by atoms with Gasteiger partial charge in [0.15, 0.2) is 0 Å². The molecular formula is C30H49NO. The topological polar surface area (TPSA) is 21.3 Å². The number of ether oxygens (including phenoxy) is 1. The molecule has 0 bridgehead atoms. The van der Waals surface area contributed by atoms with Crippen LogP contribution < -0.4 is 5.32 Å². The maximum Gasteiger partial charge on any atom is 0.0740 e. The van der Waals surface area contributed by atoms with E-state index in [-0.39, 0.29) is 5.60 Å². The first kappa shape index (κ1) is 23.2. The van der Waals surface area contributed by atoms with Gasteiger partial charge in [0.25, 0.3) is 0 Å². The lowest BCUT2D eigenvalue weighted by Crippen LogP contribution is -2.45. The van der Waals surface area contributed by atoms with Crippen molar-refractivity contribution in [2.24, 2.45) is 35.0 Å². The van der Waals surface area contributed by atoms with Gasteiger partial charge in [0.1, 0.15) is 0 Å². The standard InChI is InChI=1S/C28H43NO.C2H6/c1-17-7-9-27(4)20(11-17)5-6-22-21-8-10-28(14-19(3)23(21)13-24(22)27)15-25-26(30-28)12-18(2)16-29-25;1-2/h18,20-22,24-26,29H,1,5-16H2,2-4H3;1-2H3. The molecule has 3 saturated carbocycles. The Morgan fingerprint density at radius 1 is 1.09 bits per heavy atom. The van der Waals surface area contributed by atoms with Crippen LogP contribution in [0, 0.1) is 35.0 Å². The monoisotopic (exact) mass is 439 g/mol. The largest absolute Gasteiger partial charge is 0.370 e. The van der Waals surface area contributed by atoms with Crippen LogP contribution in [0.5, 0.6) is 0 Å². The van der Waals surface area contributed by atoms with E-state index in [1.807, 2.05) is 19.4 Å². The molecule has 9 atom stereocenters. The minimum atomic E-state index is 0.132. The molecule has 0 aromatic rings. The Bertz CT molecular complexity index is 769. The summed E-state index contributed by atoms with van der Waals surface area (Å²) in [6.07, 6.45) is 15.2. The van der Waals surface area contributed by atoms with Gasteiger partial charge in [0.2, 0.25) is 0 Å². The van der Waals surface area contributed by atoms with E-state index in [4.69, 9.17) is 4.74 Å². The summed E-state index contributed by atoms with van der Waals surface area (Å²) in [6.45, 7) is 17.1. The van der Waals surface area contributed by atoms with Gasteiger partial charge in [-0.25, -0.2) is 0 Å². The lowest BCUT2D eigenvalue weighted by molar-refractivity contribution is -0.0632. The van der Waals surface area contributed by atoms with Gasteiger partial charge in [-0.1, -0.05) is 51.0 Å². The van der Waals surface area contributed by atoms with E-state index in [0.717, 1.165) is 29.6 Å². The fraction of sp³-hybridized carbons (Fsp3) is 0.867. The number of rotatable bonds is 0. The molecule has 2 heteroatoms. The summed E-state index contributed by atoms with van der Waals surface area (Å²) in [5, 5.41) is 3.82. The molecule has 180 valence electrons. The zero-order chi connectivity index (χ0) is 22.7. The van der Waals surface area contributed by atoms with Crippen molar-refractivity contribution >= 4 is 0 Å². The fourth-order valence-corrected chi connectivity index (χ4v) is 9.34. The molecule has 2 heterocycles. The Morgan fingerprint density at radius 2 is 1.91 bits per heavy atom. The average molecular weight is 440 g/mol. The Labute approximate surface area is 198 Å². The van der Waals surface area contributed by atoms with Gasteiger partial charge in [-0.3, -0.25) is 0 Å². The molecule has 5 fully saturated rings. The van der Waals surface area contributed by atoms with Crippen molar-refractivity contribution in [3.05, 3.63) is 23.3 Å². The quantitative estimate of drug-likeness (QED) is 0.396. The zero-order valence-electron chi connectivity index (χ0n) is 21.6. The van der Waals surface area contributed by atoms with Crippen LogP contribution in [0.25, 0.3) is 0 Å². The van der Waals surface area contributed by atoms with E-state index in [2.05, 4.69) is 32.7 Å². The first-order chi connectivity index (χ1) is 15.4. The van der Waals surface area contributed by atoms with E-state index < -0.39 is 0 Å². The summed E-state index contributed by atoms with van der Waals surface area (Å²) in [7, 11) is 0. The number of hydrogen-bond acceptors (Lipinski definition) is 2. The minimum absolute atomic E-state index is 0.132. The van der Waals surface area contributed by atoms with Crippen LogP contribution in [0.2, 0.25) is 0 Å². The molecule has 0 aromatic heterocycles. The number of nitrogens with one attached hydrogen (secondary N) is 1. The second-order valence-electron chi connectivity index (χ2n) is 12.7. The van der Waals surface area contributed by atoms with E-state index in [9.17, 15) is 0 Å².